The summed E-state index contributed by atoms with van der Waals surface area (Å²) in [6.45, 7) is -5.14. The molecule has 18 nitrogen and oxygen atoms in total. The number of alkyl halides is 1. The number of aromatic amines is 1. The van der Waals surface area contributed by atoms with Crippen LogP contribution in [0.3, 0.4) is 0 Å². The third kappa shape index (κ3) is 5.02. The van der Waals surface area contributed by atoms with Crippen LogP contribution in [0, 0.1) is 0 Å². The van der Waals surface area contributed by atoms with Crippen molar-refractivity contribution in [1.82, 2.24) is 34.1 Å². The van der Waals surface area contributed by atoms with E-state index in [0.29, 0.717) is 16.9 Å². The first-order valence-corrected chi connectivity index (χ1v) is 19.9. The number of H-pyrrole nitrogens is 1. The monoisotopic (exact) mass is 735 g/mol. The van der Waals surface area contributed by atoms with Crippen LogP contribution in [0.2, 0.25) is 0 Å². The SMILES string of the molecule is Nc1nc2c(ncn2[C@@H]2O[C@@H]3COP(=S)(S)O[C@H]4[C@H]5OC[C@]4(COP(O)(=S)O[C@@H]2[C@H]3F)O[C@H]5n2cnc3c(N)ccnc32)c(=O)[nH]1. The van der Waals surface area contributed by atoms with Crippen LogP contribution in [0.1, 0.15) is 12.5 Å². The number of anilines is 2. The zero-order chi connectivity index (χ0) is 32.2. The summed E-state index contributed by atoms with van der Waals surface area (Å²) in [6, 6.07) is 1.62. The molecular formula is C22H24FN9O9P2S3. The van der Waals surface area contributed by atoms with Gasteiger partial charge in [-0.15, -0.1) is 0 Å². The molecule has 0 radical (unpaired) electrons. The van der Waals surface area contributed by atoms with E-state index >= 15 is 4.39 Å². The Bertz CT molecular complexity index is 2040. The predicted octanol–water partition coefficient (Wildman–Crippen LogP) is 0.819. The fourth-order valence-electron chi connectivity index (χ4n) is 6.03. The number of nitrogens with one attached hydrogen (secondary N) is 1. The van der Waals surface area contributed by atoms with E-state index < -0.39 is 79.8 Å². The molecule has 4 fully saturated rings. The number of thiol groups is 1. The number of nitrogens with zero attached hydrogens (tertiary/aromatic N) is 6. The lowest BCUT2D eigenvalue weighted by Crippen LogP contribution is -2.45. The molecule has 8 heterocycles. The van der Waals surface area contributed by atoms with Crippen molar-refractivity contribution >= 4 is 82.2 Å². The number of rotatable bonds is 2. The van der Waals surface area contributed by atoms with Gasteiger partial charge in [0.15, 0.2) is 35.4 Å². The summed E-state index contributed by atoms with van der Waals surface area (Å²) in [7, 11) is 0. The van der Waals surface area contributed by atoms with Crippen molar-refractivity contribution in [1.29, 1.82) is 0 Å². The molecule has 2 unspecified atom stereocenters. The van der Waals surface area contributed by atoms with E-state index in [1.165, 1.54) is 23.4 Å². The van der Waals surface area contributed by atoms with Gasteiger partial charge in [0, 0.05) is 6.20 Å². The number of aromatic nitrogens is 7. The highest BCUT2D eigenvalue weighted by atomic mass is 32.9. The highest BCUT2D eigenvalue weighted by molar-refractivity contribution is 8.60. The van der Waals surface area contributed by atoms with Gasteiger partial charge >= 0.3 is 6.72 Å². The molecule has 10 atom stereocenters. The van der Waals surface area contributed by atoms with Crippen LogP contribution in [0.15, 0.2) is 29.7 Å². The van der Waals surface area contributed by atoms with E-state index in [4.69, 9.17) is 67.4 Å². The van der Waals surface area contributed by atoms with Gasteiger partial charge in [-0.05, 0) is 29.7 Å². The smallest absolute Gasteiger partial charge is 0.325 e. The van der Waals surface area contributed by atoms with Gasteiger partial charge in [-0.2, -0.15) is 4.98 Å². The summed E-state index contributed by atoms with van der Waals surface area (Å²) in [5, 5.41) is 0. The van der Waals surface area contributed by atoms with Gasteiger partial charge in [0.2, 0.25) is 11.6 Å². The van der Waals surface area contributed by atoms with Crippen molar-refractivity contribution in [3.8, 4) is 0 Å². The molecular weight excluding hydrogens is 711 g/mol. The maximum absolute atomic E-state index is 16.0. The van der Waals surface area contributed by atoms with Crippen LogP contribution in [-0.4, -0.2) is 95.0 Å². The summed E-state index contributed by atoms with van der Waals surface area (Å²) in [4.78, 5) is 42.9. The number of hydrogen-bond donors (Lipinski definition) is 5. The summed E-state index contributed by atoms with van der Waals surface area (Å²) in [5.74, 6) is -0.208. The van der Waals surface area contributed by atoms with E-state index in [9.17, 15) is 9.69 Å². The first-order chi connectivity index (χ1) is 21.8. The average molecular weight is 736 g/mol. The van der Waals surface area contributed by atoms with E-state index in [1.54, 1.807) is 10.6 Å². The Balaban J connectivity index is 1.14. The van der Waals surface area contributed by atoms with Crippen molar-refractivity contribution in [3.05, 3.63) is 35.3 Å². The lowest BCUT2D eigenvalue weighted by molar-refractivity contribution is -0.183. The largest absolute Gasteiger partial charge is 0.397 e. The van der Waals surface area contributed by atoms with Crippen molar-refractivity contribution < 1.29 is 41.6 Å². The zero-order valence-electron chi connectivity index (χ0n) is 23.1. The van der Waals surface area contributed by atoms with Crippen molar-refractivity contribution in [2.24, 2.45) is 0 Å². The number of nitrogen functional groups attached to an aromatic ring is 2. The van der Waals surface area contributed by atoms with Crippen LogP contribution < -0.4 is 17.0 Å². The second-order valence-electron chi connectivity index (χ2n) is 11.0. The van der Waals surface area contributed by atoms with E-state index in [-0.39, 0.29) is 23.7 Å². The first-order valence-electron chi connectivity index (χ1n) is 13.5. The zero-order valence-corrected chi connectivity index (χ0v) is 27.4. The lowest BCUT2D eigenvalue weighted by atomic mass is 10.0. The van der Waals surface area contributed by atoms with Gasteiger partial charge in [-0.3, -0.25) is 23.4 Å². The Morgan fingerprint density at radius 2 is 1.83 bits per heavy atom. The fourth-order valence-corrected chi connectivity index (χ4v) is 9.41. The normalized spacial score (nSPS) is 39.7. The molecule has 0 amide bonds. The number of nitrogens with two attached hydrogens (primary N) is 2. The first kappa shape index (κ1) is 31.1. The van der Waals surface area contributed by atoms with Crippen LogP contribution in [0.4, 0.5) is 16.0 Å². The van der Waals surface area contributed by atoms with E-state index in [0.717, 1.165) is 0 Å². The Hall–Kier alpha value is -2.17. The molecule has 4 bridgehead atoms. The number of pyridine rings is 1. The summed E-state index contributed by atoms with van der Waals surface area (Å²) in [6.07, 6.45) is -4.48. The number of hydrogen-bond acceptors (Lipinski definition) is 16. The fraction of sp³-hybridized carbons (Fsp3) is 0.500. The Labute approximate surface area is 272 Å². The molecule has 8 rings (SSSR count). The quantitative estimate of drug-likeness (QED) is 0.142. The second-order valence-corrected chi connectivity index (χ2v) is 19.0. The maximum atomic E-state index is 16.0. The molecule has 0 aromatic carbocycles. The molecule has 24 heteroatoms. The molecule has 246 valence electrons. The summed E-state index contributed by atoms with van der Waals surface area (Å²) >= 11 is 15.5. The highest BCUT2D eigenvalue weighted by Crippen LogP contribution is 2.62. The van der Waals surface area contributed by atoms with Gasteiger partial charge in [0.25, 0.3) is 5.56 Å². The Kier molecular flexibility index (Phi) is 7.39. The minimum absolute atomic E-state index is 0.0194. The maximum Gasteiger partial charge on any atom is 0.325 e. The van der Waals surface area contributed by atoms with Gasteiger partial charge < -0.3 is 44.1 Å². The molecule has 4 aliphatic rings. The topological polar surface area (TPSA) is 231 Å². The highest BCUT2D eigenvalue weighted by Gasteiger charge is 2.65. The van der Waals surface area contributed by atoms with Gasteiger partial charge in [0.05, 0.1) is 38.2 Å². The molecule has 46 heavy (non-hydrogen) atoms. The van der Waals surface area contributed by atoms with Gasteiger partial charge in [0.1, 0.15) is 35.5 Å². The minimum Gasteiger partial charge on any atom is -0.397 e. The molecule has 4 aromatic rings. The van der Waals surface area contributed by atoms with Crippen LogP contribution in [0.5, 0.6) is 0 Å². The molecule has 0 saturated carbocycles. The second kappa shape index (κ2) is 10.9. The molecule has 4 aromatic heterocycles. The minimum atomic E-state index is -4.25. The molecule has 4 aliphatic heterocycles. The molecule has 0 aliphatic carbocycles. The van der Waals surface area contributed by atoms with Crippen LogP contribution >= 0.6 is 24.7 Å². The Morgan fingerprint density at radius 1 is 1.07 bits per heavy atom. The van der Waals surface area contributed by atoms with E-state index in [2.05, 4.69) is 37.2 Å². The van der Waals surface area contributed by atoms with E-state index in [1.807, 2.05) is 0 Å². The number of fused-ring (bicyclic) bond motifs is 4. The van der Waals surface area contributed by atoms with Crippen molar-refractivity contribution in [2.45, 2.75) is 48.6 Å². The standard InChI is InChI=1S/C22H24FN9O9P2S3/c23-10-9-3-36-43(45,46)41-15-14-20(31-6-27-11-8(24)1-2-26-16(11)31)39-22(15,4-35-14)5-37-42(34,44)40-13(10)19(38-9)32-7-28-12-17(32)29-21(25)30-18(12)33/h1-2,6-7,9-10,13-15,19-20H,3-5H2,(H2,24,26)(H,34,44)(H,45,46)(H3,25,29,30,33)/t9-,10+,13-,14-,15+,19-,20-,22-,42?/m1/s1. The third-order valence-corrected chi connectivity index (χ3v) is 11.8. The van der Waals surface area contributed by atoms with Gasteiger partial charge in [-0.25, -0.2) is 19.3 Å². The molecule has 4 saturated heterocycles. The third-order valence-electron chi connectivity index (χ3n) is 8.10. The van der Waals surface area contributed by atoms with Crippen molar-refractivity contribution in [3.63, 3.8) is 0 Å². The summed E-state index contributed by atoms with van der Waals surface area (Å²) in [5.41, 5.74) is 7.55. The number of imidazole rings is 2. The summed E-state index contributed by atoms with van der Waals surface area (Å²) < 4.78 is 61.2. The van der Waals surface area contributed by atoms with Gasteiger partial charge in [-0.1, -0.05) is 12.2 Å². The average Bonchev–Trinajstić information content (AvgIpc) is 3.80. The van der Waals surface area contributed by atoms with Crippen molar-refractivity contribution in [2.75, 3.05) is 31.3 Å². The Morgan fingerprint density at radius 3 is 2.63 bits per heavy atom. The molecule has 6 N–H and O–H groups in total. The number of ether oxygens (including phenoxy) is 3. The lowest BCUT2D eigenvalue weighted by Gasteiger charge is -2.33. The van der Waals surface area contributed by atoms with Crippen LogP contribution in [0.25, 0.3) is 22.3 Å². The molecule has 0 spiro atoms. The predicted molar refractivity (Wildman–Crippen MR) is 167 cm³/mol. The number of halogens is 1. The van der Waals surface area contributed by atoms with Crippen LogP contribution in [-0.2, 0) is 55.9 Å².